The number of benzene rings is 1. The Labute approximate surface area is 150 Å². The molecule has 1 heterocycles. The summed E-state index contributed by atoms with van der Waals surface area (Å²) in [5.41, 5.74) is 1.41. The molecule has 1 aromatic rings. The van der Waals surface area contributed by atoms with Crippen molar-refractivity contribution in [2.24, 2.45) is 17.8 Å². The van der Waals surface area contributed by atoms with E-state index in [1.54, 1.807) is 0 Å². The van der Waals surface area contributed by atoms with Crippen LogP contribution in [0.1, 0.15) is 46.1 Å². The van der Waals surface area contributed by atoms with E-state index in [0.717, 1.165) is 18.4 Å². The molecule has 3 rings (SSSR count). The average molecular weight is 349 g/mol. The van der Waals surface area contributed by atoms with Crippen LogP contribution in [0.15, 0.2) is 30.3 Å². The van der Waals surface area contributed by atoms with E-state index < -0.39 is 11.4 Å². The molecule has 134 valence electrons. The molecule has 1 aromatic carbocycles. The Hall–Kier alpha value is -0.550. The summed E-state index contributed by atoms with van der Waals surface area (Å²) >= 11 is -0.975. The van der Waals surface area contributed by atoms with Crippen molar-refractivity contribution in [2.75, 3.05) is 13.1 Å². The third kappa shape index (κ3) is 4.16. The van der Waals surface area contributed by atoms with Gasteiger partial charge in [0.05, 0.1) is 6.04 Å². The van der Waals surface area contributed by atoms with Gasteiger partial charge in [0.2, 0.25) is 0 Å². The van der Waals surface area contributed by atoms with E-state index in [1.165, 1.54) is 31.5 Å². The van der Waals surface area contributed by atoms with Crippen molar-refractivity contribution in [3.05, 3.63) is 35.9 Å². The Morgan fingerprint density at radius 1 is 1.17 bits per heavy atom. The van der Waals surface area contributed by atoms with Gasteiger partial charge >= 0.3 is 0 Å². The fourth-order valence-corrected chi connectivity index (χ4v) is 5.42. The molecule has 1 N–H and O–H groups in total. The minimum Gasteiger partial charge on any atom is -0.598 e. The molecule has 0 aromatic heterocycles. The smallest absolute Gasteiger partial charge is 0.136 e. The lowest BCUT2D eigenvalue weighted by molar-refractivity contribution is 0.0877. The van der Waals surface area contributed by atoms with Crippen LogP contribution in [-0.4, -0.2) is 33.3 Å². The molecule has 0 spiro atoms. The summed E-state index contributed by atoms with van der Waals surface area (Å²) in [6, 6.07) is 11.1. The van der Waals surface area contributed by atoms with Gasteiger partial charge in [-0.15, -0.1) is 4.72 Å². The number of fused-ring (bicyclic) bond motifs is 2. The Kier molecular flexibility index (Phi) is 5.60. The molecular formula is C20H32N2OS. The van der Waals surface area contributed by atoms with Crippen LogP contribution in [0.5, 0.6) is 0 Å². The van der Waals surface area contributed by atoms with Crippen molar-refractivity contribution in [1.82, 2.24) is 9.62 Å². The fraction of sp³-hybridized carbons (Fsp3) is 0.700. The maximum Gasteiger partial charge on any atom is 0.136 e. The van der Waals surface area contributed by atoms with Gasteiger partial charge in [0.25, 0.3) is 0 Å². The highest BCUT2D eigenvalue weighted by atomic mass is 32.2. The fourth-order valence-electron chi connectivity index (χ4n) is 4.57. The Balaban J connectivity index is 1.59. The minimum absolute atomic E-state index is 0.193. The zero-order valence-corrected chi connectivity index (χ0v) is 16.3. The Morgan fingerprint density at radius 2 is 1.75 bits per heavy atom. The van der Waals surface area contributed by atoms with Gasteiger partial charge in [-0.3, -0.25) is 4.90 Å². The van der Waals surface area contributed by atoms with E-state index >= 15 is 0 Å². The lowest BCUT2D eigenvalue weighted by Gasteiger charge is -2.41. The van der Waals surface area contributed by atoms with Gasteiger partial charge in [-0.05, 0) is 63.9 Å². The van der Waals surface area contributed by atoms with Gasteiger partial charge in [0.15, 0.2) is 0 Å². The first-order chi connectivity index (χ1) is 11.3. The first-order valence-electron chi connectivity index (χ1n) is 9.29. The summed E-state index contributed by atoms with van der Waals surface area (Å²) in [6.45, 7) is 11.8. The van der Waals surface area contributed by atoms with Gasteiger partial charge in [0.1, 0.15) is 4.75 Å². The molecular weight excluding hydrogens is 316 g/mol. The molecule has 5 atom stereocenters. The average Bonchev–Trinajstić information content (AvgIpc) is 2.79. The number of hydrogen-bond donors (Lipinski definition) is 1. The topological polar surface area (TPSA) is 38.3 Å². The molecule has 1 saturated heterocycles. The summed E-state index contributed by atoms with van der Waals surface area (Å²) in [5.74, 6) is 2.15. The summed E-state index contributed by atoms with van der Waals surface area (Å²) in [5, 5.41) is 0. The molecule has 24 heavy (non-hydrogen) atoms. The van der Waals surface area contributed by atoms with Crippen LogP contribution >= 0.6 is 0 Å². The zero-order chi connectivity index (χ0) is 17.3. The van der Waals surface area contributed by atoms with E-state index in [-0.39, 0.29) is 4.75 Å². The summed E-state index contributed by atoms with van der Waals surface area (Å²) in [6.07, 6.45) is 2.66. The lowest BCUT2D eigenvalue weighted by Crippen LogP contribution is -2.52. The first kappa shape index (κ1) is 18.2. The second-order valence-electron chi connectivity index (χ2n) is 8.64. The molecule has 2 bridgehead atoms. The number of piperidine rings is 1. The van der Waals surface area contributed by atoms with Crippen molar-refractivity contribution < 1.29 is 4.55 Å². The molecule has 1 saturated carbocycles. The third-order valence-electron chi connectivity index (χ3n) is 5.66. The predicted molar refractivity (Wildman–Crippen MR) is 102 cm³/mol. The molecule has 1 unspecified atom stereocenters. The molecule has 0 radical (unpaired) electrons. The van der Waals surface area contributed by atoms with Gasteiger partial charge < -0.3 is 4.55 Å². The van der Waals surface area contributed by atoms with Crippen molar-refractivity contribution in [3.63, 3.8) is 0 Å². The lowest BCUT2D eigenvalue weighted by atomic mass is 9.80. The van der Waals surface area contributed by atoms with Crippen LogP contribution in [-0.2, 0) is 17.9 Å². The van der Waals surface area contributed by atoms with Crippen molar-refractivity contribution in [1.29, 1.82) is 0 Å². The SMILES string of the molecule is C[C@H](N[S+]([O-])C(C)(C)C)[C@H]1[C@@H]2CC[C@H]1CN(Cc1ccccc1)C2. The highest BCUT2D eigenvalue weighted by molar-refractivity contribution is 7.90. The van der Waals surface area contributed by atoms with Gasteiger partial charge in [0, 0.05) is 31.0 Å². The monoisotopic (exact) mass is 348 g/mol. The maximum absolute atomic E-state index is 12.4. The van der Waals surface area contributed by atoms with Crippen molar-refractivity contribution >= 4 is 11.4 Å². The third-order valence-corrected chi connectivity index (χ3v) is 7.36. The highest BCUT2D eigenvalue weighted by Gasteiger charge is 2.45. The van der Waals surface area contributed by atoms with Gasteiger partial charge in [-0.1, -0.05) is 30.3 Å². The molecule has 3 nitrogen and oxygen atoms in total. The molecule has 2 aliphatic rings. The predicted octanol–water partition coefficient (Wildman–Crippen LogP) is 3.58. The van der Waals surface area contributed by atoms with Crippen LogP contribution in [0.4, 0.5) is 0 Å². The quantitative estimate of drug-likeness (QED) is 0.827. The van der Waals surface area contributed by atoms with Crippen molar-refractivity contribution in [2.45, 2.75) is 57.9 Å². The number of hydrogen-bond acceptors (Lipinski definition) is 3. The van der Waals surface area contributed by atoms with E-state index in [0.29, 0.717) is 12.0 Å². The van der Waals surface area contributed by atoms with E-state index in [2.05, 4.69) is 46.9 Å². The highest BCUT2D eigenvalue weighted by Crippen LogP contribution is 2.44. The Morgan fingerprint density at radius 3 is 2.29 bits per heavy atom. The normalized spacial score (nSPS) is 30.3. The van der Waals surface area contributed by atoms with Gasteiger partial charge in [-0.25, -0.2) is 0 Å². The standard InChI is InChI=1S/C20H32N2OS/c1-15(21-24(23)20(2,3)4)19-17-10-11-18(19)14-22(13-17)12-16-8-6-5-7-9-16/h5-9,15,17-19,21H,10-14H2,1-4H3/t15-,17-,18+,19+,24?/m0/s1. The molecule has 1 aliphatic carbocycles. The number of likely N-dealkylation sites (tertiary alicyclic amines) is 1. The van der Waals surface area contributed by atoms with E-state index in [1.807, 2.05) is 20.8 Å². The zero-order valence-electron chi connectivity index (χ0n) is 15.5. The van der Waals surface area contributed by atoms with Crippen LogP contribution < -0.4 is 4.72 Å². The summed E-state index contributed by atoms with van der Waals surface area (Å²) in [4.78, 5) is 2.63. The van der Waals surface area contributed by atoms with Crippen LogP contribution in [0.2, 0.25) is 0 Å². The summed E-state index contributed by atoms with van der Waals surface area (Å²) < 4.78 is 15.7. The Bertz CT molecular complexity index is 516. The maximum atomic E-state index is 12.4. The first-order valence-corrected chi connectivity index (χ1v) is 10.4. The summed E-state index contributed by atoms with van der Waals surface area (Å²) in [7, 11) is 0. The number of rotatable bonds is 5. The minimum atomic E-state index is -0.975. The molecule has 0 amide bonds. The van der Waals surface area contributed by atoms with Crippen LogP contribution in [0.25, 0.3) is 0 Å². The molecule has 1 aliphatic heterocycles. The van der Waals surface area contributed by atoms with E-state index in [4.69, 9.17) is 0 Å². The van der Waals surface area contributed by atoms with Gasteiger partial charge in [-0.2, -0.15) is 0 Å². The second kappa shape index (κ2) is 7.36. The second-order valence-corrected chi connectivity index (χ2v) is 10.6. The molecule has 4 heteroatoms. The van der Waals surface area contributed by atoms with Crippen LogP contribution in [0, 0.1) is 17.8 Å². The van der Waals surface area contributed by atoms with Crippen LogP contribution in [0.3, 0.4) is 0 Å². The van der Waals surface area contributed by atoms with E-state index in [9.17, 15) is 4.55 Å². The van der Waals surface area contributed by atoms with Crippen molar-refractivity contribution in [3.8, 4) is 0 Å². The molecule has 2 fully saturated rings. The largest absolute Gasteiger partial charge is 0.598 e. The number of nitrogens with zero attached hydrogens (tertiary/aromatic N) is 1. The number of nitrogens with one attached hydrogen (secondary N) is 1.